The Morgan fingerprint density at radius 2 is 2.06 bits per heavy atom. The third-order valence-corrected chi connectivity index (χ3v) is 3.62. The molecule has 0 radical (unpaired) electrons. The van der Waals surface area contributed by atoms with Gasteiger partial charge in [0.1, 0.15) is 0 Å². The van der Waals surface area contributed by atoms with Gasteiger partial charge >= 0.3 is 0 Å². The third kappa shape index (κ3) is 3.97. The zero-order chi connectivity index (χ0) is 12.3. The van der Waals surface area contributed by atoms with Gasteiger partial charge in [0.25, 0.3) is 0 Å². The number of halogens is 1. The van der Waals surface area contributed by atoms with Gasteiger partial charge in [0.2, 0.25) is 0 Å². The molecule has 1 aromatic heterocycles. The summed E-state index contributed by atoms with van der Waals surface area (Å²) in [6.07, 6.45) is 4.55. The highest BCUT2D eigenvalue weighted by molar-refractivity contribution is 5.85. The van der Waals surface area contributed by atoms with Gasteiger partial charge in [-0.3, -0.25) is 9.58 Å². The van der Waals surface area contributed by atoms with Crippen LogP contribution in [0.25, 0.3) is 0 Å². The Morgan fingerprint density at radius 3 is 2.56 bits per heavy atom. The minimum absolute atomic E-state index is 0. The van der Waals surface area contributed by atoms with Crippen LogP contribution >= 0.6 is 12.4 Å². The van der Waals surface area contributed by atoms with Crippen LogP contribution in [-0.4, -0.2) is 34.3 Å². The molecule has 2 rings (SSSR count). The number of nitrogens with zero attached hydrogens (tertiary/aromatic N) is 3. The molecule has 5 heteroatoms. The van der Waals surface area contributed by atoms with Crippen molar-refractivity contribution in [3.05, 3.63) is 18.0 Å². The lowest BCUT2D eigenvalue weighted by molar-refractivity contribution is 0.178. The topological polar surface area (TPSA) is 47.1 Å². The molecule has 0 spiro atoms. The number of piperidine rings is 1. The molecule has 0 bridgehead atoms. The predicted molar refractivity (Wildman–Crippen MR) is 76.9 cm³/mol. The van der Waals surface area contributed by atoms with Crippen molar-refractivity contribution >= 4 is 12.4 Å². The zero-order valence-electron chi connectivity index (χ0n) is 11.4. The number of nitrogens with two attached hydrogens (primary N) is 1. The maximum absolute atomic E-state index is 5.70. The van der Waals surface area contributed by atoms with E-state index < -0.39 is 0 Å². The molecule has 2 heterocycles. The number of aromatic nitrogens is 2. The molecule has 18 heavy (non-hydrogen) atoms. The monoisotopic (exact) mass is 272 g/mol. The van der Waals surface area contributed by atoms with E-state index in [9.17, 15) is 0 Å². The molecule has 104 valence electrons. The molecule has 1 aromatic rings. The summed E-state index contributed by atoms with van der Waals surface area (Å²) >= 11 is 0. The number of rotatable bonds is 4. The van der Waals surface area contributed by atoms with E-state index in [0.29, 0.717) is 6.04 Å². The maximum atomic E-state index is 5.70. The number of likely N-dealkylation sites (tertiary alicyclic amines) is 1. The average Bonchev–Trinajstić information content (AvgIpc) is 2.79. The Kier molecular flexibility index (Phi) is 6.12. The molecule has 0 saturated carbocycles. The van der Waals surface area contributed by atoms with Gasteiger partial charge < -0.3 is 5.73 Å². The summed E-state index contributed by atoms with van der Waals surface area (Å²) in [5.74, 6) is 0.736. The van der Waals surface area contributed by atoms with Crippen molar-refractivity contribution in [2.24, 2.45) is 11.7 Å². The second kappa shape index (κ2) is 7.12. The first-order valence-electron chi connectivity index (χ1n) is 6.65. The highest BCUT2D eigenvalue weighted by Gasteiger charge is 2.18. The molecule has 0 aliphatic carbocycles. The Bertz CT molecular complexity index is 343. The summed E-state index contributed by atoms with van der Waals surface area (Å²) in [7, 11) is 0. The summed E-state index contributed by atoms with van der Waals surface area (Å²) in [6.45, 7) is 8.46. The van der Waals surface area contributed by atoms with Crippen molar-refractivity contribution in [3.8, 4) is 0 Å². The van der Waals surface area contributed by atoms with Gasteiger partial charge in [-0.2, -0.15) is 5.10 Å². The summed E-state index contributed by atoms with van der Waals surface area (Å²) in [6, 6.07) is 2.58. The SMILES string of the molecule is CC(C)n1ccc(CN2CCC(CN)CC2)n1.Cl. The van der Waals surface area contributed by atoms with Gasteiger partial charge in [-0.25, -0.2) is 0 Å². The number of hydrogen-bond donors (Lipinski definition) is 1. The van der Waals surface area contributed by atoms with Gasteiger partial charge in [0.05, 0.1) is 5.69 Å². The first-order chi connectivity index (χ1) is 8.19. The molecule has 1 aliphatic rings. The van der Waals surface area contributed by atoms with Gasteiger partial charge in [-0.15, -0.1) is 12.4 Å². The Morgan fingerprint density at radius 1 is 1.39 bits per heavy atom. The Balaban J connectivity index is 0.00000162. The van der Waals surface area contributed by atoms with E-state index >= 15 is 0 Å². The molecule has 0 amide bonds. The summed E-state index contributed by atoms with van der Waals surface area (Å²) < 4.78 is 2.03. The van der Waals surface area contributed by atoms with Crippen molar-refractivity contribution in [1.29, 1.82) is 0 Å². The highest BCUT2D eigenvalue weighted by Crippen LogP contribution is 2.17. The fourth-order valence-electron chi connectivity index (χ4n) is 2.36. The second-order valence-electron chi connectivity index (χ2n) is 5.34. The van der Waals surface area contributed by atoms with E-state index in [1.54, 1.807) is 0 Å². The van der Waals surface area contributed by atoms with Crippen LogP contribution in [-0.2, 0) is 6.54 Å². The van der Waals surface area contributed by atoms with E-state index in [4.69, 9.17) is 5.73 Å². The van der Waals surface area contributed by atoms with Crippen LogP contribution in [0.3, 0.4) is 0 Å². The minimum atomic E-state index is 0. The fourth-order valence-corrected chi connectivity index (χ4v) is 2.36. The largest absolute Gasteiger partial charge is 0.330 e. The van der Waals surface area contributed by atoms with E-state index in [1.165, 1.54) is 18.5 Å². The van der Waals surface area contributed by atoms with E-state index in [-0.39, 0.29) is 12.4 Å². The van der Waals surface area contributed by atoms with Crippen molar-refractivity contribution in [3.63, 3.8) is 0 Å². The van der Waals surface area contributed by atoms with Crippen molar-refractivity contribution in [2.75, 3.05) is 19.6 Å². The first-order valence-corrected chi connectivity index (χ1v) is 6.65. The molecular formula is C13H25ClN4. The van der Waals surface area contributed by atoms with Crippen LogP contribution < -0.4 is 5.73 Å². The zero-order valence-corrected chi connectivity index (χ0v) is 12.2. The van der Waals surface area contributed by atoms with E-state index in [2.05, 4.69) is 36.1 Å². The molecule has 1 saturated heterocycles. The molecule has 0 aromatic carbocycles. The van der Waals surface area contributed by atoms with Gasteiger partial charge in [0, 0.05) is 18.8 Å². The molecular weight excluding hydrogens is 248 g/mol. The smallest absolute Gasteiger partial charge is 0.0764 e. The molecule has 1 aliphatic heterocycles. The van der Waals surface area contributed by atoms with Crippen molar-refractivity contribution < 1.29 is 0 Å². The Hall–Kier alpha value is -0.580. The van der Waals surface area contributed by atoms with Crippen LogP contribution in [0.5, 0.6) is 0 Å². The molecule has 1 fully saturated rings. The summed E-state index contributed by atoms with van der Waals surface area (Å²) in [5.41, 5.74) is 6.89. The minimum Gasteiger partial charge on any atom is -0.330 e. The van der Waals surface area contributed by atoms with Crippen molar-refractivity contribution in [2.45, 2.75) is 39.3 Å². The molecule has 4 nitrogen and oxygen atoms in total. The lowest BCUT2D eigenvalue weighted by Crippen LogP contribution is -2.35. The summed E-state index contributed by atoms with van der Waals surface area (Å²) in [5, 5.41) is 4.59. The van der Waals surface area contributed by atoms with Crippen molar-refractivity contribution in [1.82, 2.24) is 14.7 Å². The third-order valence-electron chi connectivity index (χ3n) is 3.62. The fraction of sp³-hybridized carbons (Fsp3) is 0.769. The van der Waals surface area contributed by atoms with Crippen LogP contribution in [0.1, 0.15) is 38.4 Å². The van der Waals surface area contributed by atoms with Gasteiger partial charge in [0.15, 0.2) is 0 Å². The summed E-state index contributed by atoms with van der Waals surface area (Å²) in [4.78, 5) is 2.49. The standard InChI is InChI=1S/C13H24N4.ClH/c1-11(2)17-8-5-13(15-17)10-16-6-3-12(9-14)4-7-16;/h5,8,11-12H,3-4,6-7,9-10,14H2,1-2H3;1H. The van der Waals surface area contributed by atoms with E-state index in [1.807, 2.05) is 4.68 Å². The Labute approximate surface area is 116 Å². The van der Waals surface area contributed by atoms with Gasteiger partial charge in [-0.1, -0.05) is 0 Å². The molecule has 0 unspecified atom stereocenters. The van der Waals surface area contributed by atoms with Crippen LogP contribution in [0.2, 0.25) is 0 Å². The quantitative estimate of drug-likeness (QED) is 0.913. The maximum Gasteiger partial charge on any atom is 0.0764 e. The van der Waals surface area contributed by atoms with E-state index in [0.717, 1.165) is 32.1 Å². The molecule has 0 atom stereocenters. The van der Waals surface area contributed by atoms with Crippen LogP contribution in [0.15, 0.2) is 12.3 Å². The average molecular weight is 273 g/mol. The lowest BCUT2D eigenvalue weighted by atomic mass is 9.97. The van der Waals surface area contributed by atoms with Crippen LogP contribution in [0.4, 0.5) is 0 Å². The van der Waals surface area contributed by atoms with Gasteiger partial charge in [-0.05, 0) is 58.3 Å². The molecule has 2 N–H and O–H groups in total. The predicted octanol–water partition coefficient (Wildman–Crippen LogP) is 2.06. The normalized spacial score (nSPS) is 18.0. The highest BCUT2D eigenvalue weighted by atomic mass is 35.5. The van der Waals surface area contributed by atoms with Crippen LogP contribution in [0, 0.1) is 5.92 Å². The first kappa shape index (κ1) is 15.5. The lowest BCUT2D eigenvalue weighted by Gasteiger charge is -2.30. The number of hydrogen-bond acceptors (Lipinski definition) is 3. The second-order valence-corrected chi connectivity index (χ2v) is 5.34.